The number of fused-ring (bicyclic) bond motifs is 1. The summed E-state index contributed by atoms with van der Waals surface area (Å²) in [6.07, 6.45) is -19.1. The SMILES string of the molecule is COc1cc(O)c2c(=O)c(O[C@H]3O[C@@H](COC(=O)C[C@](C)(O)CC(=O)O)[C@H](O[C@@H]4O[C@H](C)[C@H](O)[C@H](O)[C@@H]4O)[C@@H](O)[C@@H]3O)c(-c3ccc(O)cc3)oc2c1. The number of esters is 1. The lowest BCUT2D eigenvalue weighted by Gasteiger charge is -2.45. The van der Waals surface area contributed by atoms with Crippen molar-refractivity contribution in [3.8, 4) is 34.3 Å². The monoisotopic (exact) mass is 752 g/mol. The van der Waals surface area contributed by atoms with Crippen LogP contribution in [0.1, 0.15) is 26.7 Å². The maximum Gasteiger partial charge on any atom is 0.308 e. The van der Waals surface area contributed by atoms with Crippen molar-refractivity contribution in [1.29, 1.82) is 0 Å². The lowest BCUT2D eigenvalue weighted by atomic mass is 9.97. The van der Waals surface area contributed by atoms with Crippen molar-refractivity contribution in [2.24, 2.45) is 0 Å². The predicted octanol–water partition coefficient (Wildman–Crippen LogP) is -0.923. The third-order valence-electron chi connectivity index (χ3n) is 8.71. The largest absolute Gasteiger partial charge is 0.508 e. The van der Waals surface area contributed by atoms with Crippen molar-refractivity contribution >= 4 is 22.9 Å². The van der Waals surface area contributed by atoms with E-state index in [1.54, 1.807) is 0 Å². The molecule has 0 spiro atoms. The minimum absolute atomic E-state index is 0.133. The first-order valence-electron chi connectivity index (χ1n) is 16.2. The fourth-order valence-electron chi connectivity index (χ4n) is 5.91. The van der Waals surface area contributed by atoms with Crippen molar-refractivity contribution in [3.05, 3.63) is 46.6 Å². The van der Waals surface area contributed by atoms with Crippen LogP contribution in [0.4, 0.5) is 0 Å². The van der Waals surface area contributed by atoms with Crippen molar-refractivity contribution in [3.63, 3.8) is 0 Å². The van der Waals surface area contributed by atoms with Crippen LogP contribution < -0.4 is 14.9 Å². The summed E-state index contributed by atoms with van der Waals surface area (Å²) in [6.45, 7) is 1.63. The number of aliphatic carboxylic acids is 1. The van der Waals surface area contributed by atoms with Crippen LogP contribution in [0, 0.1) is 0 Å². The number of carboxylic acid groups (broad SMARTS) is 1. The van der Waals surface area contributed by atoms with Crippen LogP contribution in [0.25, 0.3) is 22.3 Å². The Kier molecular flexibility index (Phi) is 11.8. The molecule has 11 atom stereocenters. The van der Waals surface area contributed by atoms with E-state index in [9.17, 15) is 55.2 Å². The van der Waals surface area contributed by atoms with Crippen LogP contribution in [-0.4, -0.2) is 139 Å². The van der Waals surface area contributed by atoms with Gasteiger partial charge in [0.25, 0.3) is 0 Å². The van der Waals surface area contributed by atoms with Gasteiger partial charge in [-0.05, 0) is 38.1 Å². The molecule has 2 saturated heterocycles. The maximum absolute atomic E-state index is 13.9. The summed E-state index contributed by atoms with van der Waals surface area (Å²) in [6, 6.07) is 7.75. The Morgan fingerprint density at radius 3 is 2.19 bits per heavy atom. The van der Waals surface area contributed by atoms with Crippen molar-refractivity contribution in [1.82, 2.24) is 0 Å². The number of aromatic hydroxyl groups is 2. The number of aliphatic hydroxyl groups excluding tert-OH is 5. The number of phenolic OH excluding ortho intramolecular Hbond substituents is 2. The van der Waals surface area contributed by atoms with Gasteiger partial charge in [-0.25, -0.2) is 0 Å². The third-order valence-corrected chi connectivity index (χ3v) is 8.71. The molecule has 3 aromatic rings. The van der Waals surface area contributed by atoms with Crippen molar-refractivity contribution in [2.75, 3.05) is 13.7 Å². The number of phenols is 2. The second-order valence-electron chi connectivity index (χ2n) is 13.0. The molecule has 0 amide bonds. The number of carbonyl (C=O) groups is 2. The number of carboxylic acids is 1. The number of methoxy groups -OCH3 is 1. The molecule has 290 valence electrons. The quantitative estimate of drug-likeness (QED) is 0.101. The fraction of sp³-hybridized carbons (Fsp3) is 0.500. The molecule has 0 unspecified atom stereocenters. The van der Waals surface area contributed by atoms with E-state index in [0.29, 0.717) is 0 Å². The number of rotatable bonds is 12. The van der Waals surface area contributed by atoms with Crippen molar-refractivity contribution in [2.45, 2.75) is 93.7 Å². The topological polar surface area (TPSA) is 302 Å². The molecule has 2 aliphatic rings. The van der Waals surface area contributed by atoms with Gasteiger partial charge in [0.1, 0.15) is 77.6 Å². The lowest BCUT2D eigenvalue weighted by molar-refractivity contribution is -0.349. The van der Waals surface area contributed by atoms with Gasteiger partial charge in [0.2, 0.25) is 17.5 Å². The number of carbonyl (C=O) groups excluding carboxylic acids is 1. The molecule has 19 heteroatoms. The normalized spacial score (nSPS) is 30.0. The van der Waals surface area contributed by atoms with E-state index >= 15 is 0 Å². The molecular formula is C34H40O19. The first kappa shape index (κ1) is 39.6. The van der Waals surface area contributed by atoms with Crippen LogP contribution in [0.15, 0.2) is 45.6 Å². The summed E-state index contributed by atoms with van der Waals surface area (Å²) >= 11 is 0. The van der Waals surface area contributed by atoms with E-state index in [1.165, 1.54) is 44.4 Å². The average Bonchev–Trinajstić information content (AvgIpc) is 3.08. The molecule has 2 aliphatic heterocycles. The van der Waals surface area contributed by atoms with Gasteiger partial charge >= 0.3 is 11.9 Å². The van der Waals surface area contributed by atoms with E-state index in [2.05, 4.69) is 0 Å². The molecule has 0 radical (unpaired) electrons. The molecule has 0 bridgehead atoms. The van der Waals surface area contributed by atoms with E-state index in [4.69, 9.17) is 37.9 Å². The summed E-state index contributed by atoms with van der Waals surface area (Å²) in [7, 11) is 1.32. The van der Waals surface area contributed by atoms with Crippen LogP contribution >= 0.6 is 0 Å². The molecule has 2 fully saturated rings. The highest BCUT2D eigenvalue weighted by atomic mass is 16.7. The van der Waals surface area contributed by atoms with E-state index < -0.39 is 115 Å². The summed E-state index contributed by atoms with van der Waals surface area (Å²) in [5.41, 5.74) is -2.96. The Morgan fingerprint density at radius 1 is 0.887 bits per heavy atom. The zero-order valence-electron chi connectivity index (χ0n) is 28.5. The first-order valence-corrected chi connectivity index (χ1v) is 16.2. The van der Waals surface area contributed by atoms with Gasteiger partial charge in [0, 0.05) is 17.7 Å². The first-order chi connectivity index (χ1) is 24.9. The van der Waals surface area contributed by atoms with Gasteiger partial charge in [-0.3, -0.25) is 14.4 Å². The van der Waals surface area contributed by atoms with Crippen LogP contribution in [0.3, 0.4) is 0 Å². The number of hydrogen-bond acceptors (Lipinski definition) is 18. The zero-order valence-corrected chi connectivity index (χ0v) is 28.5. The molecule has 2 aromatic carbocycles. The molecule has 1 aromatic heterocycles. The van der Waals surface area contributed by atoms with Gasteiger partial charge in [-0.1, -0.05) is 0 Å². The molecule has 9 N–H and O–H groups in total. The Labute approximate surface area is 299 Å². The van der Waals surface area contributed by atoms with Crippen molar-refractivity contribution < 1.29 is 88.4 Å². The summed E-state index contributed by atoms with van der Waals surface area (Å²) < 4.78 is 39.3. The second kappa shape index (κ2) is 15.8. The van der Waals surface area contributed by atoms with Gasteiger partial charge in [0.05, 0.1) is 31.7 Å². The standard InChI is InChI=1S/C34H40O19/c1-13-23(40)25(42)27(44)32(49-13)52-30-19(12-48-21(39)11-34(2,46)10-20(37)38)51-33(28(45)26(30)43)53-31-24(41)22-17(36)8-16(47-3)9-18(22)50-29(31)14-4-6-15(35)7-5-14/h4-9,13,19,23,25-28,30,32-33,35-36,40,42-46H,10-12H2,1-3H3,(H,37,38)/t13-,19+,23+,25+,26+,27+,28+,30+,32+,33-,34-/m1/s1. The number of aliphatic hydroxyl groups is 6. The molecule has 5 rings (SSSR count). The maximum atomic E-state index is 13.9. The molecule has 19 nitrogen and oxygen atoms in total. The predicted molar refractivity (Wildman–Crippen MR) is 175 cm³/mol. The fourth-order valence-corrected chi connectivity index (χ4v) is 5.91. The summed E-state index contributed by atoms with van der Waals surface area (Å²) in [4.78, 5) is 37.8. The average molecular weight is 753 g/mol. The minimum atomic E-state index is -2.08. The number of ether oxygens (including phenoxy) is 6. The highest BCUT2D eigenvalue weighted by molar-refractivity contribution is 5.88. The molecule has 3 heterocycles. The van der Waals surface area contributed by atoms with Gasteiger partial charge in [0.15, 0.2) is 12.1 Å². The molecule has 0 saturated carbocycles. The molecular weight excluding hydrogens is 712 g/mol. The Balaban J connectivity index is 1.50. The molecule has 53 heavy (non-hydrogen) atoms. The van der Waals surface area contributed by atoms with Crippen LogP contribution in [0.5, 0.6) is 23.0 Å². The van der Waals surface area contributed by atoms with E-state index in [0.717, 1.165) is 13.0 Å². The number of benzene rings is 2. The summed E-state index contributed by atoms with van der Waals surface area (Å²) in [5.74, 6) is -4.00. The smallest absolute Gasteiger partial charge is 0.308 e. The zero-order chi connectivity index (χ0) is 38.9. The van der Waals surface area contributed by atoms with E-state index in [-0.39, 0.29) is 33.8 Å². The third kappa shape index (κ3) is 8.64. The van der Waals surface area contributed by atoms with Crippen LogP contribution in [-0.2, 0) is 28.5 Å². The van der Waals surface area contributed by atoms with Gasteiger partial charge in [-0.2, -0.15) is 0 Å². The lowest BCUT2D eigenvalue weighted by Crippen LogP contribution is -2.64. The minimum Gasteiger partial charge on any atom is -0.508 e. The second-order valence-corrected chi connectivity index (χ2v) is 13.0. The van der Waals surface area contributed by atoms with Gasteiger partial charge < -0.3 is 78.8 Å². The molecule has 0 aliphatic carbocycles. The van der Waals surface area contributed by atoms with E-state index in [1.807, 2.05) is 0 Å². The Hall–Kier alpha value is -4.57. The Morgan fingerprint density at radius 2 is 1.55 bits per heavy atom. The van der Waals surface area contributed by atoms with Crippen LogP contribution in [0.2, 0.25) is 0 Å². The number of hydrogen-bond donors (Lipinski definition) is 9. The Bertz CT molecular complexity index is 1840. The van der Waals surface area contributed by atoms with Gasteiger partial charge in [-0.15, -0.1) is 0 Å². The summed E-state index contributed by atoms with van der Waals surface area (Å²) in [5, 5.41) is 93.2. The highest BCUT2D eigenvalue weighted by Crippen LogP contribution is 2.38. The highest BCUT2D eigenvalue weighted by Gasteiger charge is 2.51.